The molecule has 1 fully saturated rings. The molecule has 1 aromatic rings. The number of rotatable bonds is 10. The summed E-state index contributed by atoms with van der Waals surface area (Å²) < 4.78 is 24.6. The van der Waals surface area contributed by atoms with E-state index in [2.05, 4.69) is 20.5 Å². The molecule has 2 rings (SSSR count). The lowest BCUT2D eigenvalue weighted by molar-refractivity contribution is 0.00990. The fourth-order valence-electron chi connectivity index (χ4n) is 3.19. The van der Waals surface area contributed by atoms with Gasteiger partial charge in [-0.3, -0.25) is 9.79 Å². The maximum atomic E-state index is 13.6. The topological polar surface area (TPSA) is 75.2 Å². The Hall–Kier alpha value is -2.19. The van der Waals surface area contributed by atoms with Crippen LogP contribution in [0.1, 0.15) is 36.5 Å². The van der Waals surface area contributed by atoms with Gasteiger partial charge in [0.25, 0.3) is 5.91 Å². The number of aliphatic imine (C=N–C) groups is 1. The van der Waals surface area contributed by atoms with Gasteiger partial charge in [-0.1, -0.05) is 12.1 Å². The molecule has 0 atom stereocenters. The summed E-state index contributed by atoms with van der Waals surface area (Å²) in [6, 6.07) is 5.96. The van der Waals surface area contributed by atoms with Crippen molar-refractivity contribution in [3.05, 3.63) is 35.6 Å². The van der Waals surface area contributed by atoms with Gasteiger partial charge in [-0.15, -0.1) is 0 Å². The van der Waals surface area contributed by atoms with Crippen LogP contribution >= 0.6 is 0 Å². The molecule has 7 nitrogen and oxygen atoms in total. The highest BCUT2D eigenvalue weighted by Crippen LogP contribution is 2.14. The second-order valence-electron chi connectivity index (χ2n) is 6.87. The summed E-state index contributed by atoms with van der Waals surface area (Å²) in [4.78, 5) is 18.9. The van der Waals surface area contributed by atoms with Crippen LogP contribution in [0.2, 0.25) is 0 Å². The van der Waals surface area contributed by atoms with Crippen LogP contribution in [0, 0.1) is 5.82 Å². The summed E-state index contributed by atoms with van der Waals surface area (Å²) in [5, 5.41) is 6.02. The molecule has 1 amide bonds. The molecule has 8 heteroatoms. The fraction of sp³-hybridized carbons (Fsp3) is 0.619. The number of ether oxygens (including phenoxy) is 2. The van der Waals surface area contributed by atoms with Crippen LogP contribution in [-0.4, -0.2) is 75.9 Å². The first-order valence-electron chi connectivity index (χ1n) is 10.3. The van der Waals surface area contributed by atoms with Crippen molar-refractivity contribution in [1.29, 1.82) is 0 Å². The number of methoxy groups -OCH3 is 1. The standard InChI is InChI=1S/C21H33FN4O3/c1-3-23-21(26-13-9-17(10-14-26)29-16-6-15-28-2)25-12-11-24-20(27)18-7-4-5-8-19(18)22/h4-5,7-8,17H,3,6,9-16H2,1-2H3,(H,23,25)(H,24,27). The second kappa shape index (κ2) is 13.1. The smallest absolute Gasteiger partial charge is 0.254 e. The van der Waals surface area contributed by atoms with Crippen LogP contribution < -0.4 is 10.6 Å². The molecule has 1 saturated heterocycles. The third-order valence-corrected chi connectivity index (χ3v) is 4.70. The van der Waals surface area contributed by atoms with E-state index in [0.717, 1.165) is 58.1 Å². The second-order valence-corrected chi connectivity index (χ2v) is 6.87. The Morgan fingerprint density at radius 1 is 1.24 bits per heavy atom. The molecule has 0 bridgehead atoms. The predicted molar refractivity (Wildman–Crippen MR) is 112 cm³/mol. The maximum absolute atomic E-state index is 13.6. The lowest BCUT2D eigenvalue weighted by atomic mass is 10.1. The molecular formula is C21H33FN4O3. The normalized spacial score (nSPS) is 15.4. The Balaban J connectivity index is 1.75. The number of hydrogen-bond acceptors (Lipinski definition) is 4. The summed E-state index contributed by atoms with van der Waals surface area (Å²) in [7, 11) is 1.70. The van der Waals surface area contributed by atoms with Crippen LogP contribution in [0.4, 0.5) is 4.39 Å². The highest BCUT2D eigenvalue weighted by molar-refractivity contribution is 5.94. The van der Waals surface area contributed by atoms with Gasteiger partial charge in [0.05, 0.1) is 18.2 Å². The molecule has 0 aromatic heterocycles. The fourth-order valence-corrected chi connectivity index (χ4v) is 3.19. The van der Waals surface area contributed by atoms with E-state index < -0.39 is 11.7 Å². The SMILES string of the molecule is CCNC(=NCCNC(=O)c1ccccc1F)N1CCC(OCCCOC)CC1. The summed E-state index contributed by atoms with van der Waals surface area (Å²) >= 11 is 0. The van der Waals surface area contributed by atoms with Gasteiger partial charge in [0, 0.05) is 46.5 Å². The van der Waals surface area contributed by atoms with Crippen LogP contribution in [0.15, 0.2) is 29.3 Å². The van der Waals surface area contributed by atoms with Gasteiger partial charge >= 0.3 is 0 Å². The number of hydrogen-bond donors (Lipinski definition) is 2. The lowest BCUT2D eigenvalue weighted by Gasteiger charge is -2.34. The number of guanidine groups is 1. The number of likely N-dealkylation sites (tertiary alicyclic amines) is 1. The van der Waals surface area contributed by atoms with Crippen molar-refractivity contribution in [1.82, 2.24) is 15.5 Å². The highest BCUT2D eigenvalue weighted by Gasteiger charge is 2.21. The number of halogens is 1. The van der Waals surface area contributed by atoms with E-state index >= 15 is 0 Å². The number of amides is 1. The monoisotopic (exact) mass is 408 g/mol. The third kappa shape index (κ3) is 7.98. The Kier molecular flexibility index (Phi) is 10.4. The maximum Gasteiger partial charge on any atom is 0.254 e. The number of nitrogens with one attached hydrogen (secondary N) is 2. The first-order chi connectivity index (χ1) is 14.2. The van der Waals surface area contributed by atoms with Crippen molar-refractivity contribution in [2.24, 2.45) is 4.99 Å². The van der Waals surface area contributed by atoms with E-state index in [1.165, 1.54) is 12.1 Å². The summed E-state index contributed by atoms with van der Waals surface area (Å²) in [6.07, 6.45) is 3.12. The van der Waals surface area contributed by atoms with Crippen molar-refractivity contribution in [2.75, 3.05) is 53.0 Å². The molecule has 0 spiro atoms. The zero-order valence-electron chi connectivity index (χ0n) is 17.5. The van der Waals surface area contributed by atoms with Crippen molar-refractivity contribution < 1.29 is 18.7 Å². The Morgan fingerprint density at radius 2 is 2.00 bits per heavy atom. The Bertz CT molecular complexity index is 649. The average Bonchev–Trinajstić information content (AvgIpc) is 2.74. The Labute approximate surface area is 172 Å². The van der Waals surface area contributed by atoms with E-state index in [1.54, 1.807) is 19.2 Å². The van der Waals surface area contributed by atoms with Gasteiger partial charge < -0.3 is 25.0 Å². The minimum Gasteiger partial charge on any atom is -0.385 e. The van der Waals surface area contributed by atoms with Gasteiger partial charge in [0.2, 0.25) is 0 Å². The predicted octanol–water partition coefficient (Wildman–Crippen LogP) is 2.04. The van der Waals surface area contributed by atoms with Crippen LogP contribution in [0.5, 0.6) is 0 Å². The van der Waals surface area contributed by atoms with Crippen molar-refractivity contribution in [2.45, 2.75) is 32.3 Å². The number of benzene rings is 1. The van der Waals surface area contributed by atoms with Gasteiger partial charge in [0.15, 0.2) is 5.96 Å². The number of piperidine rings is 1. The highest BCUT2D eigenvalue weighted by atomic mass is 19.1. The van der Waals surface area contributed by atoms with E-state index in [4.69, 9.17) is 9.47 Å². The molecule has 2 N–H and O–H groups in total. The molecule has 1 aliphatic rings. The van der Waals surface area contributed by atoms with Crippen molar-refractivity contribution in [3.63, 3.8) is 0 Å². The lowest BCUT2D eigenvalue weighted by Crippen LogP contribution is -2.47. The average molecular weight is 409 g/mol. The van der Waals surface area contributed by atoms with Crippen LogP contribution in [-0.2, 0) is 9.47 Å². The van der Waals surface area contributed by atoms with Crippen molar-refractivity contribution in [3.8, 4) is 0 Å². The van der Waals surface area contributed by atoms with Crippen molar-refractivity contribution >= 4 is 11.9 Å². The van der Waals surface area contributed by atoms with E-state index in [-0.39, 0.29) is 11.7 Å². The first-order valence-corrected chi connectivity index (χ1v) is 10.3. The third-order valence-electron chi connectivity index (χ3n) is 4.70. The molecule has 0 unspecified atom stereocenters. The molecule has 1 aromatic carbocycles. The van der Waals surface area contributed by atoms with E-state index in [1.807, 2.05) is 6.92 Å². The zero-order chi connectivity index (χ0) is 20.9. The first kappa shape index (κ1) is 23.1. The van der Waals surface area contributed by atoms with Gasteiger partial charge in [-0.2, -0.15) is 0 Å². The molecular weight excluding hydrogens is 375 g/mol. The van der Waals surface area contributed by atoms with Crippen LogP contribution in [0.25, 0.3) is 0 Å². The van der Waals surface area contributed by atoms with Gasteiger partial charge in [-0.05, 0) is 38.3 Å². The minimum atomic E-state index is -0.519. The van der Waals surface area contributed by atoms with E-state index in [9.17, 15) is 9.18 Å². The Morgan fingerprint density at radius 3 is 2.69 bits per heavy atom. The molecule has 162 valence electrons. The molecule has 1 heterocycles. The van der Waals surface area contributed by atoms with Gasteiger partial charge in [-0.25, -0.2) is 4.39 Å². The van der Waals surface area contributed by atoms with Crippen LogP contribution in [0.3, 0.4) is 0 Å². The summed E-state index contributed by atoms with van der Waals surface area (Å²) in [5.74, 6) is -0.102. The molecule has 0 radical (unpaired) electrons. The number of carbonyl (C=O) groups is 1. The largest absolute Gasteiger partial charge is 0.385 e. The minimum absolute atomic E-state index is 0.0518. The molecule has 29 heavy (non-hydrogen) atoms. The molecule has 1 aliphatic heterocycles. The van der Waals surface area contributed by atoms with E-state index in [0.29, 0.717) is 13.1 Å². The van der Waals surface area contributed by atoms with Gasteiger partial charge in [0.1, 0.15) is 5.82 Å². The number of nitrogens with zero attached hydrogens (tertiary/aromatic N) is 2. The zero-order valence-corrected chi connectivity index (χ0v) is 17.5. The number of carbonyl (C=O) groups excluding carboxylic acids is 1. The quantitative estimate of drug-likeness (QED) is 0.352. The molecule has 0 aliphatic carbocycles. The summed E-state index contributed by atoms with van der Waals surface area (Å²) in [5.41, 5.74) is 0.0518. The summed E-state index contributed by atoms with van der Waals surface area (Å²) in [6.45, 7) is 6.79. The molecule has 0 saturated carbocycles.